The summed E-state index contributed by atoms with van der Waals surface area (Å²) in [7, 11) is 1.22. The second-order valence-corrected chi connectivity index (χ2v) is 7.73. The minimum Gasteiger partial charge on any atom is -0.478 e. The number of nitrogens with one attached hydrogen (secondary N) is 2. The maximum Gasteiger partial charge on any atom is 0.414 e. The second-order valence-electron chi connectivity index (χ2n) is 7.73. The number of carbonyl (C=O) groups excluding carboxylic acids is 2. The highest BCUT2D eigenvalue weighted by atomic mass is 16.6. The van der Waals surface area contributed by atoms with Gasteiger partial charge in [0.2, 0.25) is 11.7 Å². The normalized spacial score (nSPS) is 23.6. The predicted octanol–water partition coefficient (Wildman–Crippen LogP) is -1.57. The average molecular weight is 446 g/mol. The first kappa shape index (κ1) is 26.1. The van der Waals surface area contributed by atoms with E-state index in [-0.39, 0.29) is 0 Å². The molecule has 0 aromatic rings. The van der Waals surface area contributed by atoms with E-state index in [1.54, 1.807) is 20.8 Å². The van der Waals surface area contributed by atoms with Gasteiger partial charge in [-0.2, -0.15) is 0 Å². The van der Waals surface area contributed by atoms with Gasteiger partial charge in [0.25, 0.3) is 0 Å². The molecule has 0 fully saturated rings. The molecule has 1 rings (SSSR count). The average Bonchev–Trinajstić information content (AvgIpc) is 2.61. The van der Waals surface area contributed by atoms with E-state index in [0.717, 1.165) is 6.08 Å². The molecule has 0 aliphatic carbocycles. The molecule has 0 unspecified atom stereocenters. The summed E-state index contributed by atoms with van der Waals surface area (Å²) in [5.41, 5.74) is 4.97. The third-order valence-electron chi connectivity index (χ3n) is 3.97. The number of methoxy groups -OCH3 is 1. The van der Waals surface area contributed by atoms with Gasteiger partial charge in [-0.1, -0.05) is 0 Å². The van der Waals surface area contributed by atoms with Crippen LogP contribution in [0.25, 0.3) is 0 Å². The molecule has 0 spiro atoms. The third-order valence-corrected chi connectivity index (χ3v) is 3.97. The van der Waals surface area contributed by atoms with E-state index < -0.39 is 72.3 Å². The first-order chi connectivity index (χ1) is 14.3. The lowest BCUT2D eigenvalue weighted by molar-refractivity contribution is -0.149. The van der Waals surface area contributed by atoms with Gasteiger partial charge in [0, 0.05) is 14.0 Å². The Bertz CT molecular complexity index is 732. The molecule has 0 aromatic heterocycles. The molecule has 1 aliphatic heterocycles. The molecule has 1 heterocycles. The van der Waals surface area contributed by atoms with Crippen LogP contribution in [-0.2, 0) is 23.8 Å². The standard InChI is InChI=1S/C18H30N4O9/c1-8(24)20-12-9(21-16(19)22-17(28)31-18(2,3)4)6-11(15(26)27)30-14(12)13(29-5)10(25)7-23/h6,9-10,12-14,23,25H,7H2,1-5H3,(H,20,24)(H,26,27)(H3,19,21,22,28)/t9-,10+,12+,13+,14+/m0/s1. The van der Waals surface area contributed by atoms with Gasteiger partial charge in [0.15, 0.2) is 12.1 Å². The van der Waals surface area contributed by atoms with E-state index in [9.17, 15) is 29.7 Å². The number of hydrogen-bond donors (Lipinski definition) is 6. The number of carboxylic acids is 1. The van der Waals surface area contributed by atoms with Gasteiger partial charge in [0.05, 0.1) is 18.7 Å². The maximum atomic E-state index is 11.9. The van der Waals surface area contributed by atoms with Crippen LogP contribution in [0, 0.1) is 0 Å². The number of alkyl carbamates (subject to hydrolysis) is 1. The van der Waals surface area contributed by atoms with Crippen LogP contribution in [-0.4, -0.2) is 89.0 Å². The molecule has 0 bridgehead atoms. The van der Waals surface area contributed by atoms with E-state index in [0.29, 0.717) is 0 Å². The second kappa shape index (κ2) is 10.9. The summed E-state index contributed by atoms with van der Waals surface area (Å²) in [6.45, 7) is 5.44. The number of aliphatic hydroxyl groups is 2. The van der Waals surface area contributed by atoms with Crippen molar-refractivity contribution in [2.45, 2.75) is 63.7 Å². The van der Waals surface area contributed by atoms with Crippen LogP contribution in [0.2, 0.25) is 0 Å². The van der Waals surface area contributed by atoms with Crippen LogP contribution >= 0.6 is 0 Å². The van der Waals surface area contributed by atoms with Crippen molar-refractivity contribution in [2.75, 3.05) is 13.7 Å². The Hall–Kier alpha value is -2.90. The summed E-state index contributed by atoms with van der Waals surface area (Å²) in [5.74, 6) is -2.91. The van der Waals surface area contributed by atoms with Crippen molar-refractivity contribution in [3.05, 3.63) is 11.8 Å². The number of guanidine groups is 1. The largest absolute Gasteiger partial charge is 0.478 e. The van der Waals surface area contributed by atoms with Gasteiger partial charge in [-0.25, -0.2) is 14.6 Å². The summed E-state index contributed by atoms with van der Waals surface area (Å²) in [5, 5.41) is 33.5. The minimum absolute atomic E-state index is 0.409. The van der Waals surface area contributed by atoms with Crippen molar-refractivity contribution < 1.29 is 43.9 Å². The highest BCUT2D eigenvalue weighted by Crippen LogP contribution is 2.26. The molecule has 31 heavy (non-hydrogen) atoms. The van der Waals surface area contributed by atoms with Gasteiger partial charge in [0.1, 0.15) is 17.8 Å². The third kappa shape index (κ3) is 8.03. The number of nitrogens with two attached hydrogens (primary N) is 1. The number of ether oxygens (including phenoxy) is 3. The first-order valence-corrected chi connectivity index (χ1v) is 9.33. The van der Waals surface area contributed by atoms with E-state index >= 15 is 0 Å². The fraction of sp³-hybridized carbons (Fsp3) is 0.667. The molecule has 0 saturated carbocycles. The van der Waals surface area contributed by atoms with Gasteiger partial charge in [-0.15, -0.1) is 0 Å². The number of amides is 2. The van der Waals surface area contributed by atoms with Crippen molar-refractivity contribution in [2.24, 2.45) is 10.7 Å². The lowest BCUT2D eigenvalue weighted by atomic mass is 9.92. The minimum atomic E-state index is -1.46. The van der Waals surface area contributed by atoms with Crippen LogP contribution in [0.4, 0.5) is 4.79 Å². The fourth-order valence-electron chi connectivity index (χ4n) is 2.84. The quantitative estimate of drug-likeness (QED) is 0.196. The molecule has 1 aliphatic rings. The molecule has 0 radical (unpaired) electrons. The fourth-order valence-corrected chi connectivity index (χ4v) is 2.84. The summed E-state index contributed by atoms with van der Waals surface area (Å²) in [6.07, 6.45) is -3.76. The number of aliphatic imine (C=N–C) groups is 1. The summed E-state index contributed by atoms with van der Waals surface area (Å²) < 4.78 is 15.7. The van der Waals surface area contributed by atoms with Crippen LogP contribution in [0.3, 0.4) is 0 Å². The van der Waals surface area contributed by atoms with Crippen LogP contribution in [0.1, 0.15) is 27.7 Å². The predicted molar refractivity (Wildman–Crippen MR) is 107 cm³/mol. The first-order valence-electron chi connectivity index (χ1n) is 9.33. The SMILES string of the molecule is CO[C@@H]([C@@H]1OC(C(=O)O)=C[C@H](N=C(N)NC(=O)OC(C)(C)C)[C@H]1NC(C)=O)[C@H](O)CO. The van der Waals surface area contributed by atoms with E-state index in [4.69, 9.17) is 19.9 Å². The molecule has 176 valence electrons. The number of rotatable bonds is 7. The van der Waals surface area contributed by atoms with E-state index in [1.807, 2.05) is 0 Å². The lowest BCUT2D eigenvalue weighted by Gasteiger charge is -2.39. The number of hydrogen-bond acceptors (Lipinski definition) is 9. The Kier molecular flexibility index (Phi) is 9.21. The Morgan fingerprint density at radius 2 is 1.97 bits per heavy atom. The monoisotopic (exact) mass is 446 g/mol. The number of carboxylic acid groups (broad SMARTS) is 1. The number of aliphatic carboxylic acids is 1. The Labute approximate surface area is 179 Å². The van der Waals surface area contributed by atoms with Crippen molar-refractivity contribution >= 4 is 23.9 Å². The zero-order valence-corrected chi connectivity index (χ0v) is 18.0. The van der Waals surface area contributed by atoms with Crippen LogP contribution in [0.5, 0.6) is 0 Å². The van der Waals surface area contributed by atoms with Crippen LogP contribution < -0.4 is 16.4 Å². The highest BCUT2D eigenvalue weighted by Gasteiger charge is 2.44. The molecule has 0 aromatic carbocycles. The summed E-state index contributed by atoms with van der Waals surface area (Å²) in [4.78, 5) is 39.3. The van der Waals surface area contributed by atoms with Crippen LogP contribution in [0.15, 0.2) is 16.8 Å². The van der Waals surface area contributed by atoms with Crippen molar-refractivity contribution in [3.8, 4) is 0 Å². The number of carbonyl (C=O) groups is 3. The van der Waals surface area contributed by atoms with Crippen molar-refractivity contribution in [1.82, 2.24) is 10.6 Å². The molecule has 13 nitrogen and oxygen atoms in total. The molecule has 2 amide bonds. The van der Waals surface area contributed by atoms with Gasteiger partial charge in [-0.05, 0) is 26.8 Å². The van der Waals surface area contributed by atoms with E-state index in [1.165, 1.54) is 14.0 Å². The molecule has 13 heteroatoms. The molecule has 0 saturated heterocycles. The molecule has 7 N–H and O–H groups in total. The summed E-state index contributed by atoms with van der Waals surface area (Å²) in [6, 6.07) is -2.20. The van der Waals surface area contributed by atoms with Crippen molar-refractivity contribution in [1.29, 1.82) is 0 Å². The van der Waals surface area contributed by atoms with Gasteiger partial charge < -0.3 is 40.6 Å². The number of nitrogens with zero attached hydrogens (tertiary/aromatic N) is 1. The van der Waals surface area contributed by atoms with Crippen molar-refractivity contribution in [3.63, 3.8) is 0 Å². The smallest absolute Gasteiger partial charge is 0.414 e. The molecular formula is C18H30N4O9. The zero-order valence-electron chi connectivity index (χ0n) is 18.0. The summed E-state index contributed by atoms with van der Waals surface area (Å²) >= 11 is 0. The molecular weight excluding hydrogens is 416 g/mol. The topological polar surface area (TPSA) is 202 Å². The Morgan fingerprint density at radius 3 is 2.42 bits per heavy atom. The van der Waals surface area contributed by atoms with Gasteiger partial charge in [-0.3, -0.25) is 10.1 Å². The number of aliphatic hydroxyl groups excluding tert-OH is 2. The molecule has 5 atom stereocenters. The van der Waals surface area contributed by atoms with Gasteiger partial charge >= 0.3 is 12.1 Å². The maximum absolute atomic E-state index is 11.9. The Morgan fingerprint density at radius 1 is 1.35 bits per heavy atom. The lowest BCUT2D eigenvalue weighted by Crippen LogP contribution is -2.60. The van der Waals surface area contributed by atoms with E-state index in [2.05, 4.69) is 15.6 Å². The highest BCUT2D eigenvalue weighted by molar-refractivity contribution is 5.93. The Balaban J connectivity index is 3.33. The zero-order chi connectivity index (χ0) is 23.9.